The Labute approximate surface area is 169 Å². The van der Waals surface area contributed by atoms with Gasteiger partial charge in [0.2, 0.25) is 0 Å². The summed E-state index contributed by atoms with van der Waals surface area (Å²) in [6.07, 6.45) is 0. The minimum atomic E-state index is -0.671. The number of rotatable bonds is 5. The van der Waals surface area contributed by atoms with Gasteiger partial charge in [-0.1, -0.05) is 35.9 Å². The first-order valence-corrected chi connectivity index (χ1v) is 9.60. The van der Waals surface area contributed by atoms with E-state index in [-0.39, 0.29) is 6.61 Å². The summed E-state index contributed by atoms with van der Waals surface area (Å²) in [5.41, 5.74) is 2.10. The molecule has 28 heavy (non-hydrogen) atoms. The third kappa shape index (κ3) is 3.54. The molecule has 1 aliphatic heterocycles. The van der Waals surface area contributed by atoms with E-state index in [1.165, 1.54) is 11.3 Å². The molecule has 0 bridgehead atoms. The number of imide groups is 1. The normalized spacial score (nSPS) is 13.0. The van der Waals surface area contributed by atoms with Crippen molar-refractivity contribution in [3.8, 4) is 10.6 Å². The molecule has 4 rings (SSSR count). The fourth-order valence-electron chi connectivity index (χ4n) is 2.81. The molecule has 6 nitrogen and oxygen atoms in total. The van der Waals surface area contributed by atoms with Crippen molar-refractivity contribution in [3.05, 3.63) is 75.8 Å². The maximum Gasteiger partial charge on any atom is 0.326 e. The van der Waals surface area contributed by atoms with Gasteiger partial charge in [0, 0.05) is 16.0 Å². The first-order chi connectivity index (χ1) is 13.5. The number of ether oxygens (including phenoxy) is 1. The number of aromatic nitrogens is 1. The number of nitrogens with zero attached hydrogens (tertiary/aromatic N) is 2. The zero-order valence-corrected chi connectivity index (χ0v) is 16.0. The van der Waals surface area contributed by atoms with Crippen LogP contribution in [0.4, 0.5) is 0 Å². The second-order valence-electron chi connectivity index (χ2n) is 6.05. The third-order valence-electron chi connectivity index (χ3n) is 4.19. The van der Waals surface area contributed by atoms with E-state index in [4.69, 9.17) is 16.3 Å². The molecule has 0 radical (unpaired) electrons. The minimum Gasteiger partial charge on any atom is -0.458 e. The minimum absolute atomic E-state index is 0.0356. The molecule has 0 N–H and O–H groups in total. The SMILES string of the molecule is O=C(CN1C(=O)c2ccccc2C1=O)OCc1csc(-c2ccc(Cl)cc2)n1. The molecule has 2 heterocycles. The van der Waals surface area contributed by atoms with Crippen LogP contribution in [0, 0.1) is 0 Å². The van der Waals surface area contributed by atoms with Crippen molar-refractivity contribution >= 4 is 40.7 Å². The average molecular weight is 413 g/mol. The molecule has 0 saturated carbocycles. The van der Waals surface area contributed by atoms with Gasteiger partial charge in [0.1, 0.15) is 18.2 Å². The predicted molar refractivity (Wildman–Crippen MR) is 104 cm³/mol. The predicted octanol–water partition coefficient (Wildman–Crippen LogP) is 3.80. The lowest BCUT2D eigenvalue weighted by Crippen LogP contribution is -2.35. The van der Waals surface area contributed by atoms with Gasteiger partial charge in [-0.05, 0) is 24.3 Å². The fourth-order valence-corrected chi connectivity index (χ4v) is 3.75. The Morgan fingerprint density at radius 1 is 1.04 bits per heavy atom. The van der Waals surface area contributed by atoms with Crippen LogP contribution in [0.2, 0.25) is 5.02 Å². The number of esters is 1. The van der Waals surface area contributed by atoms with Crippen LogP contribution in [0.1, 0.15) is 26.4 Å². The first kappa shape index (κ1) is 18.3. The molecular formula is C20H13ClN2O4S. The number of fused-ring (bicyclic) bond motifs is 1. The van der Waals surface area contributed by atoms with Crippen LogP contribution < -0.4 is 0 Å². The van der Waals surface area contributed by atoms with E-state index < -0.39 is 24.3 Å². The molecule has 0 fully saturated rings. The lowest BCUT2D eigenvalue weighted by Gasteiger charge is -2.12. The summed E-state index contributed by atoms with van der Waals surface area (Å²) in [7, 11) is 0. The first-order valence-electron chi connectivity index (χ1n) is 8.34. The van der Waals surface area contributed by atoms with Gasteiger partial charge >= 0.3 is 5.97 Å². The van der Waals surface area contributed by atoms with Gasteiger partial charge in [0.15, 0.2) is 0 Å². The highest BCUT2D eigenvalue weighted by molar-refractivity contribution is 7.13. The van der Waals surface area contributed by atoms with Crippen LogP contribution in [0.3, 0.4) is 0 Å². The monoisotopic (exact) mass is 412 g/mol. The van der Waals surface area contributed by atoms with Crippen LogP contribution in [0.15, 0.2) is 53.9 Å². The lowest BCUT2D eigenvalue weighted by atomic mass is 10.1. The van der Waals surface area contributed by atoms with E-state index >= 15 is 0 Å². The number of amides is 2. The van der Waals surface area contributed by atoms with E-state index in [1.54, 1.807) is 41.8 Å². The maximum atomic E-state index is 12.3. The van der Waals surface area contributed by atoms with Gasteiger partial charge < -0.3 is 4.74 Å². The van der Waals surface area contributed by atoms with Crippen molar-refractivity contribution in [1.29, 1.82) is 0 Å². The molecule has 0 atom stereocenters. The Hall–Kier alpha value is -3.03. The fraction of sp³-hybridized carbons (Fsp3) is 0.100. The van der Waals surface area contributed by atoms with Gasteiger partial charge in [0.05, 0.1) is 16.8 Å². The molecule has 1 aromatic heterocycles. The summed E-state index contributed by atoms with van der Waals surface area (Å²) in [4.78, 5) is 42.0. The summed E-state index contributed by atoms with van der Waals surface area (Å²) in [5, 5.41) is 3.21. The lowest BCUT2D eigenvalue weighted by molar-refractivity contribution is -0.145. The summed E-state index contributed by atoms with van der Waals surface area (Å²) in [6.45, 7) is -0.466. The summed E-state index contributed by atoms with van der Waals surface area (Å²) in [6, 6.07) is 13.8. The third-order valence-corrected chi connectivity index (χ3v) is 5.38. The smallest absolute Gasteiger partial charge is 0.326 e. The number of carbonyl (C=O) groups is 3. The molecule has 2 aromatic carbocycles. The van der Waals surface area contributed by atoms with E-state index in [0.29, 0.717) is 21.8 Å². The molecule has 140 valence electrons. The topological polar surface area (TPSA) is 76.6 Å². The Kier molecular flexibility index (Phi) is 4.93. The molecule has 8 heteroatoms. The van der Waals surface area contributed by atoms with Crippen LogP contribution in [0.25, 0.3) is 10.6 Å². The van der Waals surface area contributed by atoms with E-state index in [2.05, 4.69) is 4.98 Å². The Morgan fingerprint density at radius 2 is 1.68 bits per heavy atom. The van der Waals surface area contributed by atoms with E-state index in [9.17, 15) is 14.4 Å². The summed E-state index contributed by atoms with van der Waals surface area (Å²) >= 11 is 7.30. The number of hydrogen-bond acceptors (Lipinski definition) is 6. The number of hydrogen-bond donors (Lipinski definition) is 0. The van der Waals surface area contributed by atoms with Crippen molar-refractivity contribution in [2.45, 2.75) is 6.61 Å². The van der Waals surface area contributed by atoms with Crippen molar-refractivity contribution in [2.75, 3.05) is 6.54 Å². The number of benzene rings is 2. The average Bonchev–Trinajstić information content (AvgIpc) is 3.27. The molecule has 3 aromatic rings. The largest absolute Gasteiger partial charge is 0.458 e. The van der Waals surface area contributed by atoms with Gasteiger partial charge in [0.25, 0.3) is 11.8 Å². The number of carbonyl (C=O) groups excluding carboxylic acids is 3. The molecule has 0 saturated heterocycles. The molecule has 0 spiro atoms. The quantitative estimate of drug-likeness (QED) is 0.470. The van der Waals surface area contributed by atoms with E-state index in [0.717, 1.165) is 15.5 Å². The van der Waals surface area contributed by atoms with E-state index in [1.807, 2.05) is 12.1 Å². The van der Waals surface area contributed by atoms with Crippen LogP contribution in [-0.4, -0.2) is 34.2 Å². The highest BCUT2D eigenvalue weighted by Crippen LogP contribution is 2.26. The van der Waals surface area contributed by atoms with Gasteiger partial charge in [-0.3, -0.25) is 19.3 Å². The Balaban J connectivity index is 1.36. The maximum absolute atomic E-state index is 12.3. The number of halogens is 1. The highest BCUT2D eigenvalue weighted by atomic mass is 35.5. The van der Waals surface area contributed by atoms with Gasteiger partial charge in [-0.2, -0.15) is 0 Å². The van der Waals surface area contributed by atoms with Crippen LogP contribution in [0.5, 0.6) is 0 Å². The molecule has 1 aliphatic rings. The second-order valence-corrected chi connectivity index (χ2v) is 7.35. The Morgan fingerprint density at radius 3 is 2.32 bits per heavy atom. The van der Waals surface area contributed by atoms with Crippen molar-refractivity contribution in [2.24, 2.45) is 0 Å². The molecular weight excluding hydrogens is 400 g/mol. The van der Waals surface area contributed by atoms with Crippen LogP contribution in [-0.2, 0) is 16.1 Å². The van der Waals surface area contributed by atoms with Crippen molar-refractivity contribution in [3.63, 3.8) is 0 Å². The van der Waals surface area contributed by atoms with Crippen molar-refractivity contribution < 1.29 is 19.1 Å². The standard InChI is InChI=1S/C20H13ClN2O4S/c21-13-7-5-12(6-8-13)18-22-14(11-28-18)10-27-17(24)9-23-19(25)15-3-1-2-4-16(15)20(23)26/h1-8,11H,9-10H2. The second kappa shape index (κ2) is 7.53. The van der Waals surface area contributed by atoms with Crippen LogP contribution >= 0.6 is 22.9 Å². The van der Waals surface area contributed by atoms with Gasteiger partial charge in [-0.15, -0.1) is 11.3 Å². The molecule has 2 amide bonds. The molecule has 0 unspecified atom stereocenters. The summed E-state index contributed by atoms with van der Waals surface area (Å²) < 4.78 is 5.19. The van der Waals surface area contributed by atoms with Crippen molar-refractivity contribution in [1.82, 2.24) is 9.88 Å². The Bertz CT molecular complexity index is 1040. The zero-order valence-electron chi connectivity index (χ0n) is 14.4. The summed E-state index contributed by atoms with van der Waals surface area (Å²) in [5.74, 6) is -1.65. The zero-order chi connectivity index (χ0) is 19.7. The molecule has 0 aliphatic carbocycles. The number of thiazole rings is 1. The van der Waals surface area contributed by atoms with Gasteiger partial charge in [-0.25, -0.2) is 4.98 Å². The highest BCUT2D eigenvalue weighted by Gasteiger charge is 2.36.